The number of nitrogens with zero attached hydrogens (tertiary/aromatic N) is 2. The molecule has 18 heavy (non-hydrogen) atoms. The number of aryl methyl sites for hydroxylation is 1. The number of hydrogen-bond donors (Lipinski definition) is 1. The van der Waals surface area contributed by atoms with Gasteiger partial charge in [-0.3, -0.25) is 0 Å². The Morgan fingerprint density at radius 2 is 2.22 bits per heavy atom. The summed E-state index contributed by atoms with van der Waals surface area (Å²) < 4.78 is 3.38. The summed E-state index contributed by atoms with van der Waals surface area (Å²) in [5, 5.41) is 8.34. The van der Waals surface area contributed by atoms with E-state index in [1.54, 1.807) is 0 Å². The molecule has 1 aliphatic rings. The number of fused-ring (bicyclic) bond motifs is 1. The second-order valence-corrected chi connectivity index (χ2v) is 6.61. The van der Waals surface area contributed by atoms with Crippen LogP contribution in [0, 0.1) is 11.8 Å². The zero-order valence-electron chi connectivity index (χ0n) is 11.8. The first-order valence-electron chi connectivity index (χ1n) is 7.05. The third kappa shape index (κ3) is 2.58. The predicted octanol–water partition coefficient (Wildman–Crippen LogP) is 4.25. The first-order valence-corrected chi connectivity index (χ1v) is 7.84. The number of rotatable bonds is 4. The maximum absolute atomic E-state index is 4.83. The van der Waals surface area contributed by atoms with Gasteiger partial charge in [-0.15, -0.1) is 0 Å². The monoisotopic (exact) mass is 313 g/mol. The van der Waals surface area contributed by atoms with Crippen LogP contribution in [0.4, 0.5) is 5.82 Å². The van der Waals surface area contributed by atoms with Crippen molar-refractivity contribution in [2.45, 2.75) is 53.0 Å². The van der Waals surface area contributed by atoms with Crippen molar-refractivity contribution in [2.75, 3.05) is 11.9 Å². The topological polar surface area (TPSA) is 29.9 Å². The molecule has 0 saturated carbocycles. The lowest BCUT2D eigenvalue weighted by molar-refractivity contribution is 0.311. The van der Waals surface area contributed by atoms with Gasteiger partial charge in [-0.2, -0.15) is 5.10 Å². The van der Waals surface area contributed by atoms with Gasteiger partial charge in [0.25, 0.3) is 0 Å². The van der Waals surface area contributed by atoms with Crippen molar-refractivity contribution in [3.05, 3.63) is 10.2 Å². The van der Waals surface area contributed by atoms with Crippen molar-refractivity contribution >= 4 is 21.7 Å². The van der Waals surface area contributed by atoms with Crippen LogP contribution in [0.1, 0.15) is 52.3 Å². The maximum Gasteiger partial charge on any atom is 0.139 e. The van der Waals surface area contributed by atoms with Gasteiger partial charge in [0.05, 0.1) is 16.2 Å². The van der Waals surface area contributed by atoms with E-state index in [2.05, 4.69) is 53.6 Å². The minimum absolute atomic E-state index is 0.533. The van der Waals surface area contributed by atoms with Gasteiger partial charge in [-0.1, -0.05) is 27.7 Å². The number of anilines is 1. The quantitative estimate of drug-likeness (QED) is 0.900. The lowest BCUT2D eigenvalue weighted by Gasteiger charge is -2.30. The Kier molecular flexibility index (Phi) is 4.36. The zero-order valence-corrected chi connectivity index (χ0v) is 13.4. The maximum atomic E-state index is 4.83. The first kappa shape index (κ1) is 13.9. The zero-order chi connectivity index (χ0) is 13.3. The van der Waals surface area contributed by atoms with Crippen molar-refractivity contribution in [3.63, 3.8) is 0 Å². The van der Waals surface area contributed by atoms with Gasteiger partial charge >= 0.3 is 0 Å². The summed E-state index contributed by atoms with van der Waals surface area (Å²) in [6, 6.07) is 0.533. The summed E-state index contributed by atoms with van der Waals surface area (Å²) in [5.41, 5.74) is 1.21. The largest absolute Gasteiger partial charge is 0.369 e. The average molecular weight is 314 g/mol. The fourth-order valence-electron chi connectivity index (χ4n) is 2.65. The SMILES string of the molecule is CCC1C(C)CNc2c(Br)c(CCC(C)C)nn21. The van der Waals surface area contributed by atoms with Gasteiger partial charge in [0, 0.05) is 6.54 Å². The molecule has 0 radical (unpaired) electrons. The van der Waals surface area contributed by atoms with Crippen LogP contribution in [0.25, 0.3) is 0 Å². The summed E-state index contributed by atoms with van der Waals surface area (Å²) >= 11 is 3.72. The predicted molar refractivity (Wildman–Crippen MR) is 80.1 cm³/mol. The van der Waals surface area contributed by atoms with Crippen LogP contribution in [-0.4, -0.2) is 16.3 Å². The number of hydrogen-bond acceptors (Lipinski definition) is 2. The lowest BCUT2D eigenvalue weighted by Crippen LogP contribution is -2.31. The van der Waals surface area contributed by atoms with E-state index in [0.717, 1.165) is 25.3 Å². The van der Waals surface area contributed by atoms with E-state index in [1.807, 2.05) is 0 Å². The molecule has 0 spiro atoms. The molecule has 0 amide bonds. The van der Waals surface area contributed by atoms with E-state index in [1.165, 1.54) is 22.4 Å². The van der Waals surface area contributed by atoms with Crippen LogP contribution in [0.3, 0.4) is 0 Å². The fraction of sp³-hybridized carbons (Fsp3) is 0.786. The van der Waals surface area contributed by atoms with Crippen LogP contribution >= 0.6 is 15.9 Å². The highest BCUT2D eigenvalue weighted by Gasteiger charge is 2.28. The second kappa shape index (κ2) is 5.64. The van der Waals surface area contributed by atoms with Crippen LogP contribution in [-0.2, 0) is 6.42 Å². The normalized spacial score (nSPS) is 23.0. The molecule has 0 bridgehead atoms. The van der Waals surface area contributed by atoms with E-state index in [4.69, 9.17) is 5.10 Å². The van der Waals surface area contributed by atoms with Crippen molar-refractivity contribution < 1.29 is 0 Å². The van der Waals surface area contributed by atoms with Crippen LogP contribution in [0.15, 0.2) is 4.47 Å². The van der Waals surface area contributed by atoms with Gasteiger partial charge < -0.3 is 5.32 Å². The number of nitrogens with one attached hydrogen (secondary N) is 1. The summed E-state index contributed by atoms with van der Waals surface area (Å²) in [5.74, 6) is 2.55. The first-order chi connectivity index (χ1) is 8.54. The second-order valence-electron chi connectivity index (χ2n) is 5.82. The third-order valence-corrected chi connectivity index (χ3v) is 4.69. The molecule has 1 aromatic heterocycles. The molecular weight excluding hydrogens is 290 g/mol. The Balaban J connectivity index is 2.26. The number of halogens is 1. The van der Waals surface area contributed by atoms with Crippen LogP contribution in [0.5, 0.6) is 0 Å². The van der Waals surface area contributed by atoms with Gasteiger partial charge in [-0.25, -0.2) is 4.68 Å². The molecular formula is C14H24BrN3. The van der Waals surface area contributed by atoms with Crippen molar-refractivity contribution in [2.24, 2.45) is 11.8 Å². The highest BCUT2D eigenvalue weighted by molar-refractivity contribution is 9.10. The minimum Gasteiger partial charge on any atom is -0.369 e. The lowest BCUT2D eigenvalue weighted by atomic mass is 9.98. The molecule has 4 heteroatoms. The molecule has 0 aliphatic carbocycles. The minimum atomic E-state index is 0.533. The molecule has 2 atom stereocenters. The number of aromatic nitrogens is 2. The van der Waals surface area contributed by atoms with Gasteiger partial charge in [0.15, 0.2) is 0 Å². The molecule has 2 heterocycles. The molecule has 2 rings (SSSR count). The molecule has 0 saturated heterocycles. The van der Waals surface area contributed by atoms with Crippen molar-refractivity contribution in [1.82, 2.24) is 9.78 Å². The van der Waals surface area contributed by atoms with Crippen molar-refractivity contribution in [3.8, 4) is 0 Å². The fourth-order valence-corrected chi connectivity index (χ4v) is 3.25. The summed E-state index contributed by atoms with van der Waals surface area (Å²) in [6.07, 6.45) is 3.40. The Labute approximate surface area is 118 Å². The Morgan fingerprint density at radius 1 is 1.50 bits per heavy atom. The summed E-state index contributed by atoms with van der Waals surface area (Å²) in [6.45, 7) is 10.1. The molecule has 0 fully saturated rings. The molecule has 0 aromatic carbocycles. The molecule has 1 aromatic rings. The van der Waals surface area contributed by atoms with E-state index in [0.29, 0.717) is 12.0 Å². The third-order valence-electron chi connectivity index (χ3n) is 3.86. The van der Waals surface area contributed by atoms with Gasteiger partial charge in [-0.05, 0) is 47.0 Å². The summed E-state index contributed by atoms with van der Waals surface area (Å²) in [4.78, 5) is 0. The summed E-state index contributed by atoms with van der Waals surface area (Å²) in [7, 11) is 0. The molecule has 1 N–H and O–H groups in total. The van der Waals surface area contributed by atoms with E-state index >= 15 is 0 Å². The van der Waals surface area contributed by atoms with E-state index in [-0.39, 0.29) is 0 Å². The van der Waals surface area contributed by atoms with Gasteiger partial charge in [0.2, 0.25) is 0 Å². The highest BCUT2D eigenvalue weighted by Crippen LogP contribution is 2.37. The van der Waals surface area contributed by atoms with Gasteiger partial charge in [0.1, 0.15) is 5.82 Å². The Morgan fingerprint density at radius 3 is 2.83 bits per heavy atom. The Hall–Kier alpha value is -0.510. The smallest absolute Gasteiger partial charge is 0.139 e. The molecule has 3 nitrogen and oxygen atoms in total. The molecule has 1 aliphatic heterocycles. The molecule has 2 unspecified atom stereocenters. The average Bonchev–Trinajstić information content (AvgIpc) is 2.64. The van der Waals surface area contributed by atoms with Crippen molar-refractivity contribution in [1.29, 1.82) is 0 Å². The van der Waals surface area contributed by atoms with Crippen LogP contribution in [0.2, 0.25) is 0 Å². The highest BCUT2D eigenvalue weighted by atomic mass is 79.9. The Bertz CT molecular complexity index is 411. The molecule has 102 valence electrons. The van der Waals surface area contributed by atoms with E-state index in [9.17, 15) is 0 Å². The van der Waals surface area contributed by atoms with E-state index < -0.39 is 0 Å². The van der Waals surface area contributed by atoms with Crippen LogP contribution < -0.4 is 5.32 Å². The standard InChI is InChI=1S/C14H24BrN3/c1-5-12-10(4)8-16-14-13(15)11(17-18(12)14)7-6-9(2)3/h9-10,12,16H,5-8H2,1-4H3.